The third kappa shape index (κ3) is 3.39. The van der Waals surface area contributed by atoms with E-state index in [2.05, 4.69) is 0 Å². The average Bonchev–Trinajstić information content (AvgIpc) is 2.75. The number of allylic oxidation sites excluding steroid dienone is 2. The Labute approximate surface area is 166 Å². The number of hydrogen-bond donors (Lipinski definition) is 0. The lowest BCUT2D eigenvalue weighted by molar-refractivity contribution is 0.469. The Bertz CT molecular complexity index is 1120. The molecule has 0 saturated heterocycles. The molecule has 0 N–H and O–H groups in total. The van der Waals surface area contributed by atoms with E-state index < -0.39 is 16.1 Å². The zero-order valence-corrected chi connectivity index (χ0v) is 16.4. The monoisotopic (exact) mass is 387 g/mol. The molecular weight excluding hydrogens is 366 g/mol. The van der Waals surface area contributed by atoms with Crippen molar-refractivity contribution in [1.29, 1.82) is 0 Å². The highest BCUT2D eigenvalue weighted by Gasteiger charge is 2.34. The molecule has 1 heterocycles. The van der Waals surface area contributed by atoms with Gasteiger partial charge in [-0.05, 0) is 36.3 Å². The Hall–Kier alpha value is -3.11. The maximum Gasteiger partial charge on any atom is 0.265 e. The van der Waals surface area contributed by atoms with E-state index in [1.165, 1.54) is 4.31 Å². The van der Waals surface area contributed by atoms with Gasteiger partial charge < -0.3 is 0 Å². The molecule has 140 valence electrons. The second kappa shape index (κ2) is 7.49. The second-order valence-electron chi connectivity index (χ2n) is 6.77. The molecule has 28 heavy (non-hydrogen) atoms. The van der Waals surface area contributed by atoms with Crippen molar-refractivity contribution in [3.63, 3.8) is 0 Å². The van der Waals surface area contributed by atoms with Crippen LogP contribution in [0.2, 0.25) is 0 Å². The summed E-state index contributed by atoms with van der Waals surface area (Å²) in [5.41, 5.74) is 3.48. The van der Waals surface area contributed by atoms with Gasteiger partial charge in [-0.25, -0.2) is 8.42 Å². The molecule has 3 nitrogen and oxygen atoms in total. The van der Waals surface area contributed by atoms with Gasteiger partial charge in [-0.15, -0.1) is 0 Å². The second-order valence-corrected chi connectivity index (χ2v) is 8.59. The molecule has 1 atom stereocenters. The number of sulfonamides is 1. The first-order chi connectivity index (χ1) is 13.6. The molecular formula is C24H21NO2S. The van der Waals surface area contributed by atoms with E-state index in [4.69, 9.17) is 0 Å². The quantitative estimate of drug-likeness (QED) is 0.606. The minimum absolute atomic E-state index is 0.288. The van der Waals surface area contributed by atoms with Crippen LogP contribution in [-0.2, 0) is 10.0 Å². The van der Waals surface area contributed by atoms with E-state index in [9.17, 15) is 8.42 Å². The largest absolute Gasteiger partial charge is 0.265 e. The molecule has 0 saturated carbocycles. The molecule has 0 spiro atoms. The minimum atomic E-state index is -3.76. The summed E-state index contributed by atoms with van der Waals surface area (Å²) in [4.78, 5) is 0.288. The number of benzene rings is 3. The van der Waals surface area contributed by atoms with Crippen LogP contribution in [0.25, 0.3) is 5.70 Å². The van der Waals surface area contributed by atoms with E-state index in [-0.39, 0.29) is 4.90 Å². The molecule has 0 amide bonds. The van der Waals surface area contributed by atoms with Crippen molar-refractivity contribution in [3.8, 4) is 0 Å². The average molecular weight is 388 g/mol. The summed E-state index contributed by atoms with van der Waals surface area (Å²) in [5.74, 6) is 0. The van der Waals surface area contributed by atoms with Gasteiger partial charge in [0.2, 0.25) is 0 Å². The van der Waals surface area contributed by atoms with Gasteiger partial charge in [0, 0.05) is 0 Å². The van der Waals surface area contributed by atoms with Crippen LogP contribution in [0.4, 0.5) is 0 Å². The molecule has 4 heteroatoms. The van der Waals surface area contributed by atoms with Crippen LogP contribution in [0, 0.1) is 6.92 Å². The van der Waals surface area contributed by atoms with Gasteiger partial charge in [0.05, 0.1) is 16.6 Å². The summed E-state index contributed by atoms with van der Waals surface area (Å²) in [7, 11) is -3.76. The van der Waals surface area contributed by atoms with E-state index in [0.29, 0.717) is 5.70 Å². The predicted molar refractivity (Wildman–Crippen MR) is 113 cm³/mol. The molecule has 0 radical (unpaired) electrons. The lowest BCUT2D eigenvalue weighted by Crippen LogP contribution is -2.34. The number of aryl methyl sites for hydroxylation is 1. The highest BCUT2D eigenvalue weighted by Crippen LogP contribution is 2.39. The summed E-state index contributed by atoms with van der Waals surface area (Å²) in [6.45, 7) is 1.95. The van der Waals surface area contributed by atoms with Crippen LogP contribution in [-0.4, -0.2) is 12.7 Å². The van der Waals surface area contributed by atoms with Crippen molar-refractivity contribution in [2.45, 2.75) is 17.9 Å². The van der Waals surface area contributed by atoms with E-state index in [1.54, 1.807) is 12.1 Å². The lowest BCUT2D eigenvalue weighted by atomic mass is 10.0. The van der Waals surface area contributed by atoms with Crippen LogP contribution >= 0.6 is 0 Å². The molecule has 1 aliphatic rings. The van der Waals surface area contributed by atoms with Crippen molar-refractivity contribution in [2.75, 3.05) is 0 Å². The van der Waals surface area contributed by atoms with E-state index >= 15 is 0 Å². The number of hydrogen-bond acceptors (Lipinski definition) is 2. The zero-order chi connectivity index (χ0) is 19.6. The van der Waals surface area contributed by atoms with Crippen molar-refractivity contribution < 1.29 is 8.42 Å². The van der Waals surface area contributed by atoms with Crippen LogP contribution in [0.3, 0.4) is 0 Å². The smallest absolute Gasteiger partial charge is 0.254 e. The Morgan fingerprint density at radius 1 is 0.786 bits per heavy atom. The highest BCUT2D eigenvalue weighted by atomic mass is 32.2. The van der Waals surface area contributed by atoms with Gasteiger partial charge >= 0.3 is 0 Å². The Morgan fingerprint density at radius 2 is 1.39 bits per heavy atom. The first-order valence-electron chi connectivity index (χ1n) is 9.17. The third-order valence-electron chi connectivity index (χ3n) is 4.83. The topological polar surface area (TPSA) is 37.4 Å². The normalized spacial score (nSPS) is 16.7. The van der Waals surface area contributed by atoms with Gasteiger partial charge in [0.25, 0.3) is 10.0 Å². The maximum absolute atomic E-state index is 13.7. The molecule has 1 unspecified atom stereocenters. The van der Waals surface area contributed by atoms with Crippen molar-refractivity contribution in [1.82, 2.24) is 4.31 Å². The molecule has 0 aliphatic carbocycles. The standard InChI is InChI=1S/C24H21NO2S/c1-19-15-17-22(18-16-19)28(26,27)25-23(20-9-4-2-5-10-20)13-8-14-24(25)21-11-6-3-7-12-21/h2-18,23H,1H3. The van der Waals surface area contributed by atoms with Crippen molar-refractivity contribution in [2.24, 2.45) is 0 Å². The fourth-order valence-electron chi connectivity index (χ4n) is 3.39. The Balaban J connectivity index is 1.89. The molecule has 0 aromatic heterocycles. The highest BCUT2D eigenvalue weighted by molar-refractivity contribution is 7.89. The third-order valence-corrected chi connectivity index (χ3v) is 6.64. The lowest BCUT2D eigenvalue weighted by Gasteiger charge is -2.35. The number of nitrogens with zero attached hydrogens (tertiary/aromatic N) is 1. The molecule has 3 aromatic carbocycles. The Morgan fingerprint density at radius 3 is 2.04 bits per heavy atom. The van der Waals surface area contributed by atoms with Crippen LogP contribution in [0.15, 0.2) is 108 Å². The van der Waals surface area contributed by atoms with Gasteiger partial charge in [0.1, 0.15) is 0 Å². The molecule has 0 fully saturated rings. The molecule has 3 aromatic rings. The van der Waals surface area contributed by atoms with E-state index in [0.717, 1.165) is 16.7 Å². The van der Waals surface area contributed by atoms with Gasteiger partial charge in [0.15, 0.2) is 0 Å². The molecule has 1 aliphatic heterocycles. The van der Waals surface area contributed by atoms with Crippen molar-refractivity contribution in [3.05, 3.63) is 120 Å². The SMILES string of the molecule is Cc1ccc(S(=O)(=O)N2C(c3ccccc3)=CC=CC2c2ccccc2)cc1. The summed E-state index contributed by atoms with van der Waals surface area (Å²) < 4.78 is 29.0. The number of rotatable bonds is 4. The van der Waals surface area contributed by atoms with Crippen LogP contribution < -0.4 is 0 Å². The van der Waals surface area contributed by atoms with Crippen LogP contribution in [0.1, 0.15) is 22.7 Å². The molecule has 0 bridgehead atoms. The van der Waals surface area contributed by atoms with E-state index in [1.807, 2.05) is 97.9 Å². The summed E-state index contributed by atoms with van der Waals surface area (Å²) in [6.07, 6.45) is 5.72. The fourth-order valence-corrected chi connectivity index (χ4v) is 5.01. The first-order valence-corrected chi connectivity index (χ1v) is 10.6. The van der Waals surface area contributed by atoms with Crippen LogP contribution in [0.5, 0.6) is 0 Å². The summed E-state index contributed by atoms with van der Waals surface area (Å²) >= 11 is 0. The van der Waals surface area contributed by atoms with Gasteiger partial charge in [-0.1, -0.05) is 90.5 Å². The fraction of sp³-hybridized carbons (Fsp3) is 0.0833. The maximum atomic E-state index is 13.7. The van der Waals surface area contributed by atoms with Crippen molar-refractivity contribution >= 4 is 15.7 Å². The molecule has 4 rings (SSSR count). The predicted octanol–water partition coefficient (Wildman–Crippen LogP) is 5.34. The zero-order valence-electron chi connectivity index (χ0n) is 15.6. The Kier molecular flexibility index (Phi) is 4.88. The summed E-state index contributed by atoms with van der Waals surface area (Å²) in [5, 5.41) is 0. The van der Waals surface area contributed by atoms with Gasteiger partial charge in [-0.3, -0.25) is 4.31 Å². The minimum Gasteiger partial charge on any atom is -0.254 e. The first kappa shape index (κ1) is 18.3. The summed E-state index contributed by atoms with van der Waals surface area (Å²) in [6, 6.07) is 25.9. The van der Waals surface area contributed by atoms with Gasteiger partial charge in [-0.2, -0.15) is 0 Å².